The van der Waals surface area contributed by atoms with E-state index in [0.29, 0.717) is 30.3 Å². The fraction of sp³-hybridized carbons (Fsp3) is 0.833. The van der Waals surface area contributed by atoms with Gasteiger partial charge in [0.15, 0.2) is 0 Å². The van der Waals surface area contributed by atoms with Crippen molar-refractivity contribution in [1.82, 2.24) is 9.80 Å². The van der Waals surface area contributed by atoms with Gasteiger partial charge in [0, 0.05) is 13.1 Å². The smallest absolute Gasteiger partial charge is 0.406 e. The second-order valence-electron chi connectivity index (χ2n) is 5.04. The molecule has 0 unspecified atom stereocenters. The number of nitrogens with zero attached hydrogens (tertiary/aromatic N) is 2. The van der Waals surface area contributed by atoms with Crippen molar-refractivity contribution in [2.75, 3.05) is 26.2 Å². The maximum absolute atomic E-state index is 12.4. The van der Waals surface area contributed by atoms with Gasteiger partial charge in [0.1, 0.15) is 13.1 Å². The van der Waals surface area contributed by atoms with Crippen molar-refractivity contribution in [2.24, 2.45) is 5.92 Å². The van der Waals surface area contributed by atoms with E-state index < -0.39 is 31.3 Å². The fourth-order valence-corrected chi connectivity index (χ4v) is 1.92. The highest BCUT2D eigenvalue weighted by atomic mass is 19.4. The lowest BCUT2D eigenvalue weighted by atomic mass is 10.3. The van der Waals surface area contributed by atoms with Crippen molar-refractivity contribution in [3.63, 3.8) is 0 Å². The summed E-state index contributed by atoms with van der Waals surface area (Å²) in [4.78, 5) is 24.4. The van der Waals surface area contributed by atoms with Crippen LogP contribution in [0, 0.1) is 5.92 Å². The molecule has 0 bridgehead atoms. The Morgan fingerprint density at radius 3 is 2.25 bits per heavy atom. The third-order valence-corrected chi connectivity index (χ3v) is 2.91. The molecule has 0 heterocycles. The van der Waals surface area contributed by atoms with Crippen molar-refractivity contribution >= 4 is 12.0 Å². The van der Waals surface area contributed by atoms with Crippen LogP contribution in [0.2, 0.25) is 0 Å². The molecule has 0 spiro atoms. The van der Waals surface area contributed by atoms with Crippen LogP contribution < -0.4 is 0 Å². The van der Waals surface area contributed by atoms with E-state index in [9.17, 15) is 22.8 Å². The molecule has 20 heavy (non-hydrogen) atoms. The fourth-order valence-electron chi connectivity index (χ4n) is 1.92. The van der Waals surface area contributed by atoms with Gasteiger partial charge in [0.25, 0.3) is 0 Å². The molecule has 0 radical (unpaired) electrons. The van der Waals surface area contributed by atoms with Crippen LogP contribution in [0.5, 0.6) is 0 Å². The third kappa shape index (κ3) is 6.12. The highest BCUT2D eigenvalue weighted by Gasteiger charge is 2.36. The zero-order valence-electron chi connectivity index (χ0n) is 11.3. The van der Waals surface area contributed by atoms with Crippen molar-refractivity contribution in [3.8, 4) is 0 Å². The molecule has 2 amide bonds. The zero-order chi connectivity index (χ0) is 15.3. The molecule has 1 rings (SSSR count). The first-order chi connectivity index (χ1) is 9.23. The predicted octanol–water partition coefficient (Wildman–Crippen LogP) is 2.18. The summed E-state index contributed by atoms with van der Waals surface area (Å²) in [5, 5.41) is 8.66. The molecule has 1 fully saturated rings. The second-order valence-corrected chi connectivity index (χ2v) is 5.04. The van der Waals surface area contributed by atoms with Crippen molar-refractivity contribution in [3.05, 3.63) is 0 Å². The Bertz CT molecular complexity index is 356. The van der Waals surface area contributed by atoms with E-state index in [0.717, 1.165) is 12.8 Å². The number of rotatable bonds is 7. The summed E-state index contributed by atoms with van der Waals surface area (Å²) in [5.41, 5.74) is 0. The Hall–Kier alpha value is -1.47. The lowest BCUT2D eigenvalue weighted by Gasteiger charge is -2.30. The summed E-state index contributed by atoms with van der Waals surface area (Å²) in [6.07, 6.45) is -2.06. The molecule has 0 aromatic carbocycles. The molecule has 0 aromatic rings. The maximum Gasteiger partial charge on any atom is 0.406 e. The Morgan fingerprint density at radius 1 is 1.25 bits per heavy atom. The molecular weight excluding hydrogens is 277 g/mol. The Labute approximate surface area is 115 Å². The van der Waals surface area contributed by atoms with Crippen molar-refractivity contribution < 1.29 is 27.9 Å². The summed E-state index contributed by atoms with van der Waals surface area (Å²) in [6.45, 7) is 0.0780. The highest BCUT2D eigenvalue weighted by Crippen LogP contribution is 2.30. The summed E-state index contributed by atoms with van der Waals surface area (Å²) in [6, 6.07) is -0.849. The molecule has 0 atom stereocenters. The van der Waals surface area contributed by atoms with E-state index in [2.05, 4.69) is 0 Å². The van der Waals surface area contributed by atoms with E-state index in [1.807, 2.05) is 6.92 Å². The van der Waals surface area contributed by atoms with E-state index >= 15 is 0 Å². The average molecular weight is 296 g/mol. The first-order valence-electron chi connectivity index (χ1n) is 6.55. The molecule has 1 N–H and O–H groups in total. The molecule has 1 saturated carbocycles. The number of carbonyl (C=O) groups excluding carboxylic acids is 1. The molecule has 5 nitrogen and oxygen atoms in total. The number of halogens is 3. The van der Waals surface area contributed by atoms with Gasteiger partial charge in [0.05, 0.1) is 0 Å². The minimum Gasteiger partial charge on any atom is -0.480 e. The standard InChI is InChI=1S/C12H19F3N2O3/c1-2-5-16(6-9-3-4-9)11(20)17(7-10(18)19)8-12(13,14)15/h9H,2-8H2,1H3,(H,18,19). The number of carboxylic acids is 1. The van der Waals surface area contributed by atoms with Crippen molar-refractivity contribution in [1.29, 1.82) is 0 Å². The number of carbonyl (C=O) groups is 2. The minimum atomic E-state index is -4.61. The Kier molecular flexibility index (Phi) is 5.64. The number of alkyl halides is 3. The van der Waals surface area contributed by atoms with Crippen LogP contribution >= 0.6 is 0 Å². The monoisotopic (exact) mass is 296 g/mol. The van der Waals surface area contributed by atoms with Gasteiger partial charge < -0.3 is 14.9 Å². The average Bonchev–Trinajstić information content (AvgIpc) is 3.08. The van der Waals surface area contributed by atoms with Gasteiger partial charge in [0.2, 0.25) is 0 Å². The number of aliphatic carboxylic acids is 1. The summed E-state index contributed by atoms with van der Waals surface area (Å²) < 4.78 is 37.3. The molecule has 0 aromatic heterocycles. The highest BCUT2D eigenvalue weighted by molar-refractivity contribution is 5.80. The summed E-state index contributed by atoms with van der Waals surface area (Å²) in [5.74, 6) is -1.12. The van der Waals surface area contributed by atoms with Crippen LogP contribution in [0.3, 0.4) is 0 Å². The van der Waals surface area contributed by atoms with Gasteiger partial charge in [-0.05, 0) is 25.2 Å². The largest absolute Gasteiger partial charge is 0.480 e. The molecule has 116 valence electrons. The lowest BCUT2D eigenvalue weighted by Crippen LogP contribution is -2.49. The number of amides is 2. The van der Waals surface area contributed by atoms with Crippen LogP contribution in [0.4, 0.5) is 18.0 Å². The first-order valence-corrected chi connectivity index (χ1v) is 6.55. The third-order valence-electron chi connectivity index (χ3n) is 2.91. The van der Waals surface area contributed by atoms with Crippen molar-refractivity contribution in [2.45, 2.75) is 32.4 Å². The number of urea groups is 1. The van der Waals surface area contributed by atoms with E-state index in [4.69, 9.17) is 5.11 Å². The van der Waals surface area contributed by atoms with Crippen LogP contribution in [0.15, 0.2) is 0 Å². The van der Waals surface area contributed by atoms with Crippen LogP contribution in [-0.2, 0) is 4.79 Å². The molecule has 1 aliphatic rings. The van der Waals surface area contributed by atoms with Gasteiger partial charge >= 0.3 is 18.2 Å². The molecule has 8 heteroatoms. The van der Waals surface area contributed by atoms with E-state index in [1.165, 1.54) is 4.90 Å². The van der Waals surface area contributed by atoms with Gasteiger partial charge in [-0.15, -0.1) is 0 Å². The van der Waals surface area contributed by atoms with E-state index in [-0.39, 0.29) is 0 Å². The minimum absolute atomic E-state index is 0.336. The molecular formula is C12H19F3N2O3. The van der Waals surface area contributed by atoms with Gasteiger partial charge in [-0.2, -0.15) is 13.2 Å². The molecule has 0 aliphatic heterocycles. The summed E-state index contributed by atoms with van der Waals surface area (Å²) >= 11 is 0. The number of carboxylic acid groups (broad SMARTS) is 1. The number of hydrogen-bond acceptors (Lipinski definition) is 2. The SMILES string of the molecule is CCCN(CC1CC1)C(=O)N(CC(=O)O)CC(F)(F)F. The number of hydrogen-bond donors (Lipinski definition) is 1. The lowest BCUT2D eigenvalue weighted by molar-refractivity contribution is -0.149. The van der Waals surface area contributed by atoms with Gasteiger partial charge in [-0.25, -0.2) is 4.79 Å². The first kappa shape index (κ1) is 16.6. The zero-order valence-corrected chi connectivity index (χ0v) is 11.3. The van der Waals surface area contributed by atoms with Crippen LogP contribution in [0.1, 0.15) is 26.2 Å². The second kappa shape index (κ2) is 6.81. The molecule has 1 aliphatic carbocycles. The predicted molar refractivity (Wildman–Crippen MR) is 65.2 cm³/mol. The maximum atomic E-state index is 12.4. The van der Waals surface area contributed by atoms with Gasteiger partial charge in [-0.1, -0.05) is 6.92 Å². The topological polar surface area (TPSA) is 60.9 Å². The van der Waals surface area contributed by atoms with Gasteiger partial charge in [-0.3, -0.25) is 4.79 Å². The van der Waals surface area contributed by atoms with Crippen LogP contribution in [0.25, 0.3) is 0 Å². The Morgan fingerprint density at radius 2 is 1.85 bits per heavy atom. The normalized spacial score (nSPS) is 15.0. The quantitative estimate of drug-likeness (QED) is 0.783. The van der Waals surface area contributed by atoms with Crippen LogP contribution in [-0.4, -0.2) is 59.3 Å². The molecule has 0 saturated heterocycles. The summed E-state index contributed by atoms with van der Waals surface area (Å²) in [7, 11) is 0. The van der Waals surface area contributed by atoms with E-state index in [1.54, 1.807) is 0 Å². The Balaban J connectivity index is 2.73.